The second-order valence-electron chi connectivity index (χ2n) is 2.26. The highest BCUT2D eigenvalue weighted by Gasteiger charge is 2.03. The molecule has 0 aromatic heterocycles. The lowest BCUT2D eigenvalue weighted by atomic mass is 10.3. The van der Waals surface area contributed by atoms with E-state index in [9.17, 15) is 13.2 Å². The van der Waals surface area contributed by atoms with Gasteiger partial charge in [-0.3, -0.25) is 9.27 Å². The quantitative estimate of drug-likeness (QED) is 0.409. The van der Waals surface area contributed by atoms with E-state index < -0.39 is 11.3 Å². The first-order chi connectivity index (χ1) is 6.63. The number of nitrogens with zero attached hydrogens (tertiary/aromatic N) is 1. The molecule has 8 heteroatoms. The molecule has 0 radical (unpaired) electrons. The van der Waals surface area contributed by atoms with Gasteiger partial charge in [0.25, 0.3) is 11.3 Å². The molecule has 0 saturated carbocycles. The molecular formula is C6H7F2N3O2S. The van der Waals surface area contributed by atoms with Crippen molar-refractivity contribution in [3.8, 4) is 0 Å². The van der Waals surface area contributed by atoms with Crippen LogP contribution >= 0.6 is 0 Å². The summed E-state index contributed by atoms with van der Waals surface area (Å²) in [6.07, 6.45) is 0. The Bertz CT molecular complexity index is 321. The van der Waals surface area contributed by atoms with E-state index in [2.05, 4.69) is 4.72 Å². The Kier molecular flexibility index (Phi) is 3.74. The molecule has 14 heavy (non-hydrogen) atoms. The van der Waals surface area contributed by atoms with Crippen LogP contribution in [-0.2, 0) is 11.3 Å². The molecule has 0 saturated heterocycles. The third-order valence-electron chi connectivity index (χ3n) is 1.37. The maximum absolute atomic E-state index is 12.5. The van der Waals surface area contributed by atoms with Gasteiger partial charge in [-0.25, -0.2) is 4.21 Å². The zero-order valence-electron chi connectivity index (χ0n) is 6.78. The summed E-state index contributed by atoms with van der Waals surface area (Å²) >= 11 is -2.18. The monoisotopic (exact) mass is 223 g/mol. The average molecular weight is 223 g/mol. The summed E-state index contributed by atoms with van der Waals surface area (Å²) in [4.78, 5) is 0. The van der Waals surface area contributed by atoms with E-state index in [1.54, 1.807) is 0 Å². The third-order valence-corrected chi connectivity index (χ3v) is 1.78. The summed E-state index contributed by atoms with van der Waals surface area (Å²) in [7, 11) is 0. The molecule has 1 unspecified atom stereocenters. The van der Waals surface area contributed by atoms with Crippen LogP contribution in [0.1, 0.15) is 0 Å². The van der Waals surface area contributed by atoms with Crippen LogP contribution in [-0.4, -0.2) is 8.76 Å². The van der Waals surface area contributed by atoms with Crippen LogP contribution < -0.4 is 15.6 Å². The molecule has 1 rings (SSSR count). The molecule has 0 aliphatic carbocycles. The van der Waals surface area contributed by atoms with Gasteiger partial charge in [0, 0.05) is 5.69 Å². The van der Waals surface area contributed by atoms with E-state index in [0.29, 0.717) is 5.69 Å². The van der Waals surface area contributed by atoms with Crippen molar-refractivity contribution in [3.05, 3.63) is 24.3 Å². The first-order valence-corrected chi connectivity index (χ1v) is 4.54. The van der Waals surface area contributed by atoms with Crippen molar-refractivity contribution < 1.29 is 17.7 Å². The predicted octanol–water partition coefficient (Wildman–Crippen LogP) is 1.32. The van der Waals surface area contributed by atoms with Gasteiger partial charge < -0.3 is 0 Å². The van der Waals surface area contributed by atoms with Crippen LogP contribution in [0.2, 0.25) is 0 Å². The number of hydrogen-bond donors (Lipinski definition) is 3. The van der Waals surface area contributed by atoms with Gasteiger partial charge in [-0.2, -0.15) is 0 Å². The Balaban J connectivity index is 2.73. The van der Waals surface area contributed by atoms with Gasteiger partial charge in [0.15, 0.2) is 0 Å². The lowest BCUT2D eigenvalue weighted by molar-refractivity contribution is 0.215. The fourth-order valence-electron chi connectivity index (χ4n) is 0.810. The maximum atomic E-state index is 12.5. The molecule has 0 amide bonds. The number of anilines is 2. The number of hydrogen-bond acceptors (Lipinski definition) is 3. The molecule has 78 valence electrons. The maximum Gasteiger partial charge on any atom is 0.259 e. The summed E-state index contributed by atoms with van der Waals surface area (Å²) in [5, 5.41) is -0.334. The predicted molar refractivity (Wildman–Crippen MR) is 48.7 cm³/mol. The van der Waals surface area contributed by atoms with Crippen LogP contribution in [0.15, 0.2) is 24.3 Å². The largest absolute Gasteiger partial charge is 0.289 e. The molecule has 0 aliphatic rings. The molecular weight excluding hydrogens is 216 g/mol. The van der Waals surface area contributed by atoms with Crippen LogP contribution in [0.3, 0.4) is 0 Å². The molecule has 5 nitrogen and oxygen atoms in total. The summed E-state index contributed by atoms with van der Waals surface area (Å²) in [6, 6.07) is 5.10. The number of rotatable bonds is 4. The highest BCUT2D eigenvalue weighted by atomic mass is 32.2. The molecule has 0 bridgehead atoms. The van der Waals surface area contributed by atoms with Gasteiger partial charge >= 0.3 is 0 Å². The average Bonchev–Trinajstić information content (AvgIpc) is 2.17. The van der Waals surface area contributed by atoms with Crippen molar-refractivity contribution in [1.82, 2.24) is 5.65 Å². The normalized spacial score (nSPS) is 12.2. The van der Waals surface area contributed by atoms with Gasteiger partial charge in [-0.1, -0.05) is 4.48 Å². The van der Waals surface area contributed by atoms with Crippen LogP contribution in [0.5, 0.6) is 0 Å². The van der Waals surface area contributed by atoms with Crippen molar-refractivity contribution in [2.24, 2.45) is 0 Å². The minimum Gasteiger partial charge on any atom is -0.289 e. The third kappa shape index (κ3) is 2.91. The second kappa shape index (κ2) is 4.84. The highest BCUT2D eigenvalue weighted by molar-refractivity contribution is 7.80. The zero-order chi connectivity index (χ0) is 10.6. The van der Waals surface area contributed by atoms with Gasteiger partial charge in [0.1, 0.15) is 0 Å². The first-order valence-electron chi connectivity index (χ1n) is 3.43. The lowest BCUT2D eigenvalue weighted by Gasteiger charge is -2.08. The molecule has 1 aromatic rings. The van der Waals surface area contributed by atoms with Crippen molar-refractivity contribution in [1.29, 1.82) is 0 Å². The Morgan fingerprint density at radius 2 is 1.93 bits per heavy atom. The van der Waals surface area contributed by atoms with Crippen molar-refractivity contribution in [3.63, 3.8) is 0 Å². The topological polar surface area (TPSA) is 64.6 Å². The summed E-state index contributed by atoms with van der Waals surface area (Å²) < 4.78 is 44.9. The number of nitrogens with one attached hydrogen (secondary N) is 2. The van der Waals surface area contributed by atoms with E-state index in [-0.39, 0.29) is 10.9 Å². The molecule has 3 N–H and O–H groups in total. The first kappa shape index (κ1) is 10.8. The number of hydrazine groups is 1. The van der Waals surface area contributed by atoms with E-state index in [0.717, 1.165) is 5.65 Å². The molecule has 0 heterocycles. The number of halogens is 2. The minimum atomic E-state index is -2.18. The second-order valence-corrected chi connectivity index (χ2v) is 2.97. The zero-order valence-corrected chi connectivity index (χ0v) is 7.59. The van der Waals surface area contributed by atoms with Crippen LogP contribution in [0.25, 0.3) is 0 Å². The smallest absolute Gasteiger partial charge is 0.259 e. The van der Waals surface area contributed by atoms with E-state index in [1.165, 1.54) is 24.3 Å². The fraction of sp³-hybridized carbons (Fsp3) is 0. The Morgan fingerprint density at radius 1 is 1.36 bits per heavy atom. The van der Waals surface area contributed by atoms with Crippen LogP contribution in [0.4, 0.5) is 20.3 Å². The van der Waals surface area contributed by atoms with E-state index >= 15 is 0 Å². The Hall–Kier alpha value is -1.25. The van der Waals surface area contributed by atoms with Crippen LogP contribution in [0, 0.1) is 0 Å². The minimum absolute atomic E-state index is 0.0678. The summed E-state index contributed by atoms with van der Waals surface area (Å²) in [5.74, 6) is 0. The summed E-state index contributed by atoms with van der Waals surface area (Å²) in [5.41, 5.74) is 1.03. The van der Waals surface area contributed by atoms with Crippen molar-refractivity contribution >= 4 is 22.6 Å². The molecule has 0 fully saturated rings. The Morgan fingerprint density at radius 3 is 2.36 bits per heavy atom. The van der Waals surface area contributed by atoms with E-state index in [4.69, 9.17) is 4.55 Å². The van der Waals surface area contributed by atoms with E-state index in [1.807, 2.05) is 0 Å². The molecule has 1 atom stereocenters. The fourth-order valence-corrected chi connectivity index (χ4v) is 1.15. The van der Waals surface area contributed by atoms with Gasteiger partial charge in [0.05, 0.1) is 5.69 Å². The van der Waals surface area contributed by atoms with Gasteiger partial charge in [-0.15, -0.1) is 9.71 Å². The van der Waals surface area contributed by atoms with Gasteiger partial charge in [-0.05, 0) is 29.9 Å². The van der Waals surface area contributed by atoms with Crippen molar-refractivity contribution in [2.45, 2.75) is 0 Å². The molecule has 0 spiro atoms. The van der Waals surface area contributed by atoms with Gasteiger partial charge in [0.2, 0.25) is 0 Å². The number of benzene rings is 1. The lowest BCUT2D eigenvalue weighted by Crippen LogP contribution is -2.21. The Labute approximate surface area is 81.0 Å². The highest BCUT2D eigenvalue weighted by Crippen LogP contribution is 2.16. The molecule has 0 aliphatic heterocycles. The van der Waals surface area contributed by atoms with Crippen molar-refractivity contribution in [2.75, 3.05) is 9.95 Å². The molecule has 1 aromatic carbocycles. The summed E-state index contributed by atoms with van der Waals surface area (Å²) in [6.45, 7) is 0. The standard InChI is InChI=1S/C6H7F2N3O2S/c7-10-11(8)6-3-1-5(2-4-6)9-14(12)13/h1-4,9-10H,(H,12,13). The SMILES string of the molecule is O=S(O)Nc1ccc(N(F)NF)cc1.